The van der Waals surface area contributed by atoms with Gasteiger partial charge >= 0.3 is 0 Å². The Morgan fingerprint density at radius 3 is 2.85 bits per heavy atom. The Kier molecular flexibility index (Phi) is 5.09. The molecule has 0 spiro atoms. The van der Waals surface area contributed by atoms with Gasteiger partial charge in [-0.05, 0) is 47.8 Å². The van der Waals surface area contributed by atoms with E-state index in [0.29, 0.717) is 0 Å². The Morgan fingerprint density at radius 2 is 2.31 bits per heavy atom. The van der Waals surface area contributed by atoms with Crippen molar-refractivity contribution >= 4 is 11.3 Å². The molecule has 0 aromatic carbocycles. The highest BCUT2D eigenvalue weighted by Crippen LogP contribution is 2.14. The topological polar surface area (TPSA) is 12.0 Å². The van der Waals surface area contributed by atoms with Crippen LogP contribution >= 0.6 is 11.3 Å². The number of rotatable bonds is 6. The SMILES string of the molecule is CCNCC(CC)Cc1ccsc1. The maximum absolute atomic E-state index is 3.42. The van der Waals surface area contributed by atoms with Crippen LogP contribution in [0.5, 0.6) is 0 Å². The first kappa shape index (κ1) is 10.7. The van der Waals surface area contributed by atoms with E-state index in [9.17, 15) is 0 Å². The van der Waals surface area contributed by atoms with Crippen LogP contribution in [0.1, 0.15) is 25.8 Å². The molecular weight excluding hydrogens is 178 g/mol. The quantitative estimate of drug-likeness (QED) is 0.739. The zero-order chi connectivity index (χ0) is 9.52. The molecule has 0 radical (unpaired) electrons. The van der Waals surface area contributed by atoms with Gasteiger partial charge in [0, 0.05) is 0 Å². The van der Waals surface area contributed by atoms with Crippen molar-refractivity contribution in [2.75, 3.05) is 13.1 Å². The molecule has 0 saturated heterocycles. The smallest absolute Gasteiger partial charge is 0.00175 e. The first-order valence-corrected chi connectivity index (χ1v) is 6.02. The van der Waals surface area contributed by atoms with Crippen LogP contribution in [0.25, 0.3) is 0 Å². The zero-order valence-electron chi connectivity index (χ0n) is 8.55. The van der Waals surface area contributed by atoms with Crippen molar-refractivity contribution in [2.45, 2.75) is 26.7 Å². The fourth-order valence-corrected chi connectivity index (χ4v) is 2.13. The van der Waals surface area contributed by atoms with Crippen molar-refractivity contribution in [3.63, 3.8) is 0 Å². The van der Waals surface area contributed by atoms with E-state index in [-0.39, 0.29) is 0 Å². The molecule has 1 nitrogen and oxygen atoms in total. The lowest BCUT2D eigenvalue weighted by atomic mass is 9.99. The molecule has 1 aromatic rings. The van der Waals surface area contributed by atoms with Gasteiger partial charge < -0.3 is 5.32 Å². The molecule has 2 heteroatoms. The Hall–Kier alpha value is -0.340. The average Bonchev–Trinajstić information content (AvgIpc) is 2.64. The van der Waals surface area contributed by atoms with Crippen LogP contribution in [0.3, 0.4) is 0 Å². The number of thiophene rings is 1. The minimum atomic E-state index is 0.801. The van der Waals surface area contributed by atoms with Crippen LogP contribution in [-0.2, 0) is 6.42 Å². The second kappa shape index (κ2) is 6.17. The fourth-order valence-electron chi connectivity index (χ4n) is 1.45. The van der Waals surface area contributed by atoms with Crippen molar-refractivity contribution in [1.82, 2.24) is 5.32 Å². The molecule has 0 fully saturated rings. The molecule has 1 rings (SSSR count). The highest BCUT2D eigenvalue weighted by molar-refractivity contribution is 7.07. The lowest BCUT2D eigenvalue weighted by Crippen LogP contribution is -2.23. The van der Waals surface area contributed by atoms with Gasteiger partial charge in [0.2, 0.25) is 0 Å². The Bertz CT molecular complexity index is 206. The summed E-state index contributed by atoms with van der Waals surface area (Å²) in [5.74, 6) is 0.801. The third kappa shape index (κ3) is 3.92. The van der Waals surface area contributed by atoms with Gasteiger partial charge in [0.1, 0.15) is 0 Å². The lowest BCUT2D eigenvalue weighted by Gasteiger charge is -2.13. The standard InChI is InChI=1S/C11H19NS/c1-3-10(8-12-4-2)7-11-5-6-13-9-11/h5-6,9-10,12H,3-4,7-8H2,1-2H3. The van der Waals surface area contributed by atoms with E-state index < -0.39 is 0 Å². The van der Waals surface area contributed by atoms with Crippen LogP contribution in [0.2, 0.25) is 0 Å². The highest BCUT2D eigenvalue weighted by atomic mass is 32.1. The van der Waals surface area contributed by atoms with E-state index in [1.807, 2.05) is 0 Å². The summed E-state index contributed by atoms with van der Waals surface area (Å²) in [6.07, 6.45) is 2.50. The van der Waals surface area contributed by atoms with Gasteiger partial charge in [-0.2, -0.15) is 11.3 Å². The third-order valence-corrected chi connectivity index (χ3v) is 3.10. The van der Waals surface area contributed by atoms with Crippen molar-refractivity contribution in [3.05, 3.63) is 22.4 Å². The van der Waals surface area contributed by atoms with E-state index in [1.54, 1.807) is 11.3 Å². The van der Waals surface area contributed by atoms with E-state index in [2.05, 4.69) is 36.0 Å². The summed E-state index contributed by atoms with van der Waals surface area (Å²) >= 11 is 1.80. The van der Waals surface area contributed by atoms with Crippen LogP contribution < -0.4 is 5.32 Å². The summed E-state index contributed by atoms with van der Waals surface area (Å²) < 4.78 is 0. The second-order valence-corrected chi connectivity index (χ2v) is 4.20. The Balaban J connectivity index is 2.31. The van der Waals surface area contributed by atoms with E-state index in [0.717, 1.165) is 19.0 Å². The molecule has 0 aliphatic heterocycles. The average molecular weight is 197 g/mol. The van der Waals surface area contributed by atoms with Crippen LogP contribution in [0, 0.1) is 5.92 Å². The Morgan fingerprint density at radius 1 is 1.46 bits per heavy atom. The zero-order valence-corrected chi connectivity index (χ0v) is 9.36. The van der Waals surface area contributed by atoms with Crippen LogP contribution in [-0.4, -0.2) is 13.1 Å². The molecule has 1 heterocycles. The predicted octanol–water partition coefficient (Wildman–Crippen LogP) is 2.93. The third-order valence-electron chi connectivity index (χ3n) is 2.36. The van der Waals surface area contributed by atoms with Gasteiger partial charge in [-0.1, -0.05) is 20.3 Å². The van der Waals surface area contributed by atoms with Gasteiger partial charge in [0.05, 0.1) is 0 Å². The molecular formula is C11H19NS. The summed E-state index contributed by atoms with van der Waals surface area (Å²) in [5, 5.41) is 7.84. The summed E-state index contributed by atoms with van der Waals surface area (Å²) in [6, 6.07) is 2.24. The first-order valence-electron chi connectivity index (χ1n) is 5.08. The lowest BCUT2D eigenvalue weighted by molar-refractivity contribution is 0.468. The van der Waals surface area contributed by atoms with Gasteiger partial charge in [0.25, 0.3) is 0 Å². The largest absolute Gasteiger partial charge is 0.317 e. The molecule has 1 atom stereocenters. The molecule has 1 N–H and O–H groups in total. The molecule has 13 heavy (non-hydrogen) atoms. The normalized spacial score (nSPS) is 13.1. The van der Waals surface area contributed by atoms with Crippen molar-refractivity contribution in [3.8, 4) is 0 Å². The molecule has 1 unspecified atom stereocenters. The van der Waals surface area contributed by atoms with Gasteiger partial charge in [0.15, 0.2) is 0 Å². The predicted molar refractivity (Wildman–Crippen MR) is 60.3 cm³/mol. The monoisotopic (exact) mass is 197 g/mol. The van der Waals surface area contributed by atoms with Crippen molar-refractivity contribution in [2.24, 2.45) is 5.92 Å². The molecule has 0 bridgehead atoms. The number of hydrogen-bond acceptors (Lipinski definition) is 2. The minimum absolute atomic E-state index is 0.801. The van der Waals surface area contributed by atoms with E-state index in [4.69, 9.17) is 0 Å². The van der Waals surface area contributed by atoms with Crippen LogP contribution in [0.4, 0.5) is 0 Å². The molecule has 74 valence electrons. The summed E-state index contributed by atoms with van der Waals surface area (Å²) in [4.78, 5) is 0. The maximum Gasteiger partial charge on any atom is -0.00175 e. The summed E-state index contributed by atoms with van der Waals surface area (Å²) in [5.41, 5.74) is 1.50. The van der Waals surface area contributed by atoms with E-state index in [1.165, 1.54) is 18.4 Å². The number of hydrogen-bond donors (Lipinski definition) is 1. The summed E-state index contributed by atoms with van der Waals surface area (Å²) in [6.45, 7) is 6.68. The minimum Gasteiger partial charge on any atom is -0.317 e. The first-order chi connectivity index (χ1) is 6.36. The van der Waals surface area contributed by atoms with Gasteiger partial charge in [-0.3, -0.25) is 0 Å². The Labute approximate surface area is 85.2 Å². The maximum atomic E-state index is 3.42. The number of nitrogens with one attached hydrogen (secondary N) is 1. The van der Waals surface area contributed by atoms with Crippen LogP contribution in [0.15, 0.2) is 16.8 Å². The van der Waals surface area contributed by atoms with E-state index >= 15 is 0 Å². The molecule has 0 saturated carbocycles. The van der Waals surface area contributed by atoms with Gasteiger partial charge in [-0.25, -0.2) is 0 Å². The van der Waals surface area contributed by atoms with Gasteiger partial charge in [-0.15, -0.1) is 0 Å². The highest BCUT2D eigenvalue weighted by Gasteiger charge is 2.06. The molecule has 0 aliphatic carbocycles. The molecule has 0 aliphatic rings. The second-order valence-electron chi connectivity index (χ2n) is 3.42. The molecule has 1 aromatic heterocycles. The van der Waals surface area contributed by atoms with Crippen molar-refractivity contribution < 1.29 is 0 Å². The summed E-state index contributed by atoms with van der Waals surface area (Å²) in [7, 11) is 0. The van der Waals surface area contributed by atoms with Crippen molar-refractivity contribution in [1.29, 1.82) is 0 Å². The molecule has 0 amide bonds. The fraction of sp³-hybridized carbons (Fsp3) is 0.636.